The Labute approximate surface area is 113 Å². The van der Waals surface area contributed by atoms with Crippen LogP contribution >= 0.6 is 0 Å². The minimum absolute atomic E-state index is 0.244. The first-order valence-corrected chi connectivity index (χ1v) is 6.33. The zero-order valence-corrected chi connectivity index (χ0v) is 11.8. The van der Waals surface area contributed by atoms with Gasteiger partial charge in [0.15, 0.2) is 6.10 Å². The fraction of sp³-hybridized carbons (Fsp3) is 0.500. The number of hydrogen-bond acceptors (Lipinski definition) is 3. The standard InChI is InChI=1S/C14H21FN2O2/c1-9(2)17-8-11-5-12(15)7-13(6-11)19-10(3)14(18)16-4/h5-7,9-10,17H,8H2,1-4H3,(H,16,18). The monoisotopic (exact) mass is 268 g/mol. The molecule has 0 saturated carbocycles. The minimum Gasteiger partial charge on any atom is -0.481 e. The third-order valence-corrected chi connectivity index (χ3v) is 2.57. The number of nitrogens with one attached hydrogen (secondary N) is 2. The van der Waals surface area contributed by atoms with Gasteiger partial charge in [0.25, 0.3) is 5.91 Å². The normalized spacial score (nSPS) is 12.3. The summed E-state index contributed by atoms with van der Waals surface area (Å²) in [5.74, 6) is -0.259. The van der Waals surface area contributed by atoms with Crippen molar-refractivity contribution >= 4 is 5.91 Å². The second-order valence-corrected chi connectivity index (χ2v) is 4.71. The second kappa shape index (κ2) is 7.09. The fourth-order valence-electron chi connectivity index (χ4n) is 1.57. The van der Waals surface area contributed by atoms with Crippen LogP contribution in [0.2, 0.25) is 0 Å². The van der Waals surface area contributed by atoms with Crippen molar-refractivity contribution in [2.75, 3.05) is 7.05 Å². The Morgan fingerprint density at radius 1 is 1.32 bits per heavy atom. The van der Waals surface area contributed by atoms with Crippen molar-refractivity contribution in [3.63, 3.8) is 0 Å². The number of amides is 1. The van der Waals surface area contributed by atoms with Crippen LogP contribution in [0.1, 0.15) is 26.3 Å². The van der Waals surface area contributed by atoms with E-state index in [0.717, 1.165) is 5.56 Å². The molecule has 0 saturated heterocycles. The van der Waals surface area contributed by atoms with E-state index in [4.69, 9.17) is 4.74 Å². The van der Waals surface area contributed by atoms with Gasteiger partial charge in [-0.05, 0) is 24.6 Å². The molecule has 0 bridgehead atoms. The maximum absolute atomic E-state index is 13.5. The maximum Gasteiger partial charge on any atom is 0.260 e. The number of rotatable bonds is 6. The van der Waals surface area contributed by atoms with Crippen molar-refractivity contribution in [1.29, 1.82) is 0 Å². The van der Waals surface area contributed by atoms with Gasteiger partial charge in [0.2, 0.25) is 0 Å². The van der Waals surface area contributed by atoms with E-state index in [-0.39, 0.29) is 11.7 Å². The van der Waals surface area contributed by atoms with E-state index in [2.05, 4.69) is 10.6 Å². The minimum atomic E-state index is -0.655. The van der Waals surface area contributed by atoms with Crippen LogP contribution in [-0.4, -0.2) is 25.1 Å². The summed E-state index contributed by atoms with van der Waals surface area (Å²) in [6, 6.07) is 4.78. The summed E-state index contributed by atoms with van der Waals surface area (Å²) in [4.78, 5) is 11.4. The molecular weight excluding hydrogens is 247 g/mol. The topological polar surface area (TPSA) is 50.4 Å². The zero-order chi connectivity index (χ0) is 14.4. The van der Waals surface area contributed by atoms with Gasteiger partial charge in [-0.1, -0.05) is 13.8 Å². The first kappa shape index (κ1) is 15.4. The molecule has 4 nitrogen and oxygen atoms in total. The molecule has 1 amide bonds. The van der Waals surface area contributed by atoms with Crippen LogP contribution in [0.15, 0.2) is 18.2 Å². The molecule has 0 radical (unpaired) electrons. The molecule has 106 valence electrons. The summed E-state index contributed by atoms with van der Waals surface area (Å²) in [6.45, 7) is 6.21. The smallest absolute Gasteiger partial charge is 0.260 e. The van der Waals surface area contributed by atoms with Gasteiger partial charge in [0.05, 0.1) is 0 Å². The van der Waals surface area contributed by atoms with E-state index >= 15 is 0 Å². The Hall–Kier alpha value is -1.62. The highest BCUT2D eigenvalue weighted by molar-refractivity contribution is 5.80. The molecule has 0 fully saturated rings. The highest BCUT2D eigenvalue weighted by Crippen LogP contribution is 2.18. The van der Waals surface area contributed by atoms with Gasteiger partial charge in [-0.3, -0.25) is 4.79 Å². The Kier molecular flexibility index (Phi) is 5.76. The largest absolute Gasteiger partial charge is 0.481 e. The van der Waals surface area contributed by atoms with E-state index in [1.807, 2.05) is 13.8 Å². The lowest BCUT2D eigenvalue weighted by molar-refractivity contribution is -0.126. The molecule has 1 aromatic carbocycles. The van der Waals surface area contributed by atoms with Crippen LogP contribution < -0.4 is 15.4 Å². The first-order valence-electron chi connectivity index (χ1n) is 6.33. The quantitative estimate of drug-likeness (QED) is 0.827. The Bertz CT molecular complexity index is 435. The van der Waals surface area contributed by atoms with E-state index < -0.39 is 6.10 Å². The third kappa shape index (κ3) is 5.26. The van der Waals surface area contributed by atoms with Gasteiger partial charge < -0.3 is 15.4 Å². The molecule has 0 spiro atoms. The average Bonchev–Trinajstić information content (AvgIpc) is 2.34. The molecule has 5 heteroatoms. The lowest BCUT2D eigenvalue weighted by atomic mass is 10.2. The number of likely N-dealkylation sites (N-methyl/N-ethyl adjacent to an activating group) is 1. The Morgan fingerprint density at radius 3 is 2.58 bits per heavy atom. The van der Waals surface area contributed by atoms with Gasteiger partial charge >= 0.3 is 0 Å². The zero-order valence-electron chi connectivity index (χ0n) is 11.8. The van der Waals surface area contributed by atoms with Gasteiger partial charge in [-0.15, -0.1) is 0 Å². The van der Waals surface area contributed by atoms with E-state index in [9.17, 15) is 9.18 Å². The molecule has 0 heterocycles. The molecule has 1 atom stereocenters. The Balaban J connectivity index is 2.75. The molecule has 0 aromatic heterocycles. The number of carbonyl (C=O) groups is 1. The molecule has 1 aromatic rings. The average molecular weight is 268 g/mol. The predicted octanol–water partition coefficient (Wildman–Crippen LogP) is 1.84. The van der Waals surface area contributed by atoms with Gasteiger partial charge in [-0.2, -0.15) is 0 Å². The van der Waals surface area contributed by atoms with Crippen molar-refractivity contribution < 1.29 is 13.9 Å². The second-order valence-electron chi connectivity index (χ2n) is 4.71. The number of benzene rings is 1. The molecule has 1 rings (SSSR count). The molecule has 19 heavy (non-hydrogen) atoms. The van der Waals surface area contributed by atoms with Crippen LogP contribution in [0.5, 0.6) is 5.75 Å². The highest BCUT2D eigenvalue weighted by atomic mass is 19.1. The van der Waals surface area contributed by atoms with Crippen LogP contribution in [0.25, 0.3) is 0 Å². The van der Waals surface area contributed by atoms with Gasteiger partial charge in [0, 0.05) is 25.7 Å². The lowest BCUT2D eigenvalue weighted by Crippen LogP contribution is -2.33. The van der Waals surface area contributed by atoms with Crippen molar-refractivity contribution in [3.8, 4) is 5.75 Å². The SMILES string of the molecule is CNC(=O)C(C)Oc1cc(F)cc(CNC(C)C)c1. The molecule has 0 aliphatic rings. The fourth-order valence-corrected chi connectivity index (χ4v) is 1.57. The summed E-state index contributed by atoms with van der Waals surface area (Å²) in [6.07, 6.45) is -0.655. The van der Waals surface area contributed by atoms with Crippen LogP contribution in [0.3, 0.4) is 0 Å². The van der Waals surface area contributed by atoms with Gasteiger partial charge in [0.1, 0.15) is 11.6 Å². The summed E-state index contributed by atoms with van der Waals surface area (Å²) in [5, 5.41) is 5.69. The number of ether oxygens (including phenoxy) is 1. The molecule has 2 N–H and O–H groups in total. The molecule has 0 aliphatic heterocycles. The van der Waals surface area contributed by atoms with E-state index in [1.54, 1.807) is 13.0 Å². The van der Waals surface area contributed by atoms with Crippen molar-refractivity contribution in [2.45, 2.75) is 39.5 Å². The summed E-state index contributed by atoms with van der Waals surface area (Å²) < 4.78 is 18.9. The number of hydrogen-bond donors (Lipinski definition) is 2. The van der Waals surface area contributed by atoms with Crippen LogP contribution in [-0.2, 0) is 11.3 Å². The predicted molar refractivity (Wildman–Crippen MR) is 72.5 cm³/mol. The number of halogens is 1. The van der Waals surface area contributed by atoms with E-state index in [1.165, 1.54) is 19.2 Å². The summed E-state index contributed by atoms with van der Waals surface area (Å²) >= 11 is 0. The molecular formula is C14H21FN2O2. The summed E-state index contributed by atoms with van der Waals surface area (Å²) in [5.41, 5.74) is 0.785. The first-order chi connectivity index (χ1) is 8.92. The van der Waals surface area contributed by atoms with Crippen LogP contribution in [0.4, 0.5) is 4.39 Å². The van der Waals surface area contributed by atoms with Crippen molar-refractivity contribution in [2.24, 2.45) is 0 Å². The lowest BCUT2D eigenvalue weighted by Gasteiger charge is -2.15. The molecule has 1 unspecified atom stereocenters. The summed E-state index contributed by atoms with van der Waals surface area (Å²) in [7, 11) is 1.53. The van der Waals surface area contributed by atoms with Crippen LogP contribution in [0, 0.1) is 5.82 Å². The highest BCUT2D eigenvalue weighted by Gasteiger charge is 2.13. The van der Waals surface area contributed by atoms with Gasteiger partial charge in [-0.25, -0.2) is 4.39 Å². The molecule has 0 aliphatic carbocycles. The van der Waals surface area contributed by atoms with Crippen molar-refractivity contribution in [3.05, 3.63) is 29.6 Å². The van der Waals surface area contributed by atoms with E-state index in [0.29, 0.717) is 18.3 Å². The number of carbonyl (C=O) groups excluding carboxylic acids is 1. The third-order valence-electron chi connectivity index (χ3n) is 2.57. The van der Waals surface area contributed by atoms with Crippen molar-refractivity contribution in [1.82, 2.24) is 10.6 Å². The Morgan fingerprint density at radius 2 is 2.00 bits per heavy atom. The maximum atomic E-state index is 13.5.